The Morgan fingerprint density at radius 3 is 3.00 bits per heavy atom. The number of nitrogens with two attached hydrogens (primary N) is 1. The molecule has 3 N–H and O–H groups in total. The number of rotatable bonds is 3. The summed E-state index contributed by atoms with van der Waals surface area (Å²) in [5.41, 5.74) is 3.33. The highest BCUT2D eigenvalue weighted by atomic mass is 32.1. The molecule has 0 saturated carbocycles. The van der Waals surface area contributed by atoms with Crippen molar-refractivity contribution in [3.8, 4) is 0 Å². The van der Waals surface area contributed by atoms with E-state index in [2.05, 4.69) is 18.1 Å². The molecular formula is C12H12N2OS. The first-order chi connectivity index (χ1) is 7.74. The Labute approximate surface area is 97.5 Å². The van der Waals surface area contributed by atoms with Crippen molar-refractivity contribution >= 4 is 27.3 Å². The number of fused-ring (bicyclic) bond motifs is 1. The molecular weight excluding hydrogens is 220 g/mol. The van der Waals surface area contributed by atoms with Gasteiger partial charge in [-0.15, -0.1) is 17.9 Å². The number of allylic oxidation sites excluding steroid dienone is 1. The Balaban J connectivity index is 2.45. The molecule has 1 aromatic heterocycles. The Morgan fingerprint density at radius 1 is 1.50 bits per heavy atom. The molecule has 0 aliphatic rings. The van der Waals surface area contributed by atoms with Crippen LogP contribution in [0.3, 0.4) is 0 Å². The molecule has 0 atom stereocenters. The SMILES string of the molecule is C=CCc1ccc2sc(C(=O)NN)cc2c1. The van der Waals surface area contributed by atoms with Gasteiger partial charge < -0.3 is 0 Å². The topological polar surface area (TPSA) is 55.1 Å². The fourth-order valence-corrected chi connectivity index (χ4v) is 2.52. The van der Waals surface area contributed by atoms with Crippen LogP contribution >= 0.6 is 11.3 Å². The summed E-state index contributed by atoms with van der Waals surface area (Å²) in [4.78, 5) is 12.0. The molecule has 0 bridgehead atoms. The Bertz CT molecular complexity index is 545. The minimum Gasteiger partial charge on any atom is -0.289 e. The van der Waals surface area contributed by atoms with Gasteiger partial charge >= 0.3 is 0 Å². The quantitative estimate of drug-likeness (QED) is 0.369. The van der Waals surface area contributed by atoms with Crippen LogP contribution in [0.4, 0.5) is 0 Å². The molecule has 82 valence electrons. The third-order valence-corrected chi connectivity index (χ3v) is 3.43. The lowest BCUT2D eigenvalue weighted by Crippen LogP contribution is -2.29. The maximum absolute atomic E-state index is 11.4. The molecule has 3 nitrogen and oxygen atoms in total. The van der Waals surface area contributed by atoms with Crippen molar-refractivity contribution in [1.82, 2.24) is 5.43 Å². The zero-order chi connectivity index (χ0) is 11.5. The molecule has 2 aromatic rings. The second-order valence-electron chi connectivity index (χ2n) is 3.45. The van der Waals surface area contributed by atoms with Crippen LogP contribution in [-0.2, 0) is 6.42 Å². The van der Waals surface area contributed by atoms with E-state index in [1.807, 2.05) is 24.3 Å². The third kappa shape index (κ3) is 1.98. The molecule has 0 fully saturated rings. The zero-order valence-electron chi connectivity index (χ0n) is 8.69. The minimum atomic E-state index is -0.244. The molecule has 0 spiro atoms. The van der Waals surface area contributed by atoms with Crippen molar-refractivity contribution in [3.05, 3.63) is 47.4 Å². The van der Waals surface area contributed by atoms with Crippen LogP contribution in [0.15, 0.2) is 36.9 Å². The molecule has 0 unspecified atom stereocenters. The summed E-state index contributed by atoms with van der Waals surface area (Å²) in [7, 11) is 0. The smallest absolute Gasteiger partial charge is 0.275 e. The van der Waals surface area contributed by atoms with E-state index in [1.165, 1.54) is 16.9 Å². The molecule has 2 rings (SSSR count). The summed E-state index contributed by atoms with van der Waals surface area (Å²) in [5, 5.41) is 1.07. The van der Waals surface area contributed by atoms with E-state index >= 15 is 0 Å². The molecule has 0 radical (unpaired) electrons. The number of amides is 1. The second kappa shape index (κ2) is 4.47. The van der Waals surface area contributed by atoms with E-state index in [0.717, 1.165) is 16.5 Å². The van der Waals surface area contributed by atoms with Crippen LogP contribution in [0.25, 0.3) is 10.1 Å². The molecule has 16 heavy (non-hydrogen) atoms. The lowest BCUT2D eigenvalue weighted by molar-refractivity contribution is 0.0958. The normalized spacial score (nSPS) is 10.3. The predicted octanol–water partition coefficient (Wildman–Crippen LogP) is 2.23. The van der Waals surface area contributed by atoms with Crippen LogP contribution in [0.5, 0.6) is 0 Å². The summed E-state index contributed by atoms with van der Waals surface area (Å²) in [5.74, 6) is 4.85. The average molecular weight is 232 g/mol. The first kappa shape index (κ1) is 10.9. The summed E-state index contributed by atoms with van der Waals surface area (Å²) < 4.78 is 1.09. The van der Waals surface area contributed by atoms with Gasteiger partial charge in [0.25, 0.3) is 5.91 Å². The molecule has 1 aromatic carbocycles. The van der Waals surface area contributed by atoms with Gasteiger partial charge in [-0.1, -0.05) is 12.1 Å². The van der Waals surface area contributed by atoms with E-state index in [1.54, 1.807) is 0 Å². The van der Waals surface area contributed by atoms with Gasteiger partial charge in [0.2, 0.25) is 0 Å². The average Bonchev–Trinajstić information content (AvgIpc) is 2.71. The predicted molar refractivity (Wildman–Crippen MR) is 67.4 cm³/mol. The Morgan fingerprint density at radius 2 is 2.31 bits per heavy atom. The van der Waals surface area contributed by atoms with Gasteiger partial charge in [0.05, 0.1) is 4.88 Å². The van der Waals surface area contributed by atoms with Gasteiger partial charge in [-0.05, 0) is 35.6 Å². The number of benzene rings is 1. The largest absolute Gasteiger partial charge is 0.289 e. The van der Waals surface area contributed by atoms with Crippen LogP contribution < -0.4 is 11.3 Å². The van der Waals surface area contributed by atoms with Crippen molar-refractivity contribution in [1.29, 1.82) is 0 Å². The second-order valence-corrected chi connectivity index (χ2v) is 4.53. The van der Waals surface area contributed by atoms with Crippen molar-refractivity contribution in [2.75, 3.05) is 0 Å². The van der Waals surface area contributed by atoms with E-state index < -0.39 is 0 Å². The lowest BCUT2D eigenvalue weighted by atomic mass is 10.1. The molecule has 0 aliphatic carbocycles. The van der Waals surface area contributed by atoms with Crippen LogP contribution in [0, 0.1) is 0 Å². The van der Waals surface area contributed by atoms with Crippen LogP contribution in [0.2, 0.25) is 0 Å². The number of carbonyl (C=O) groups is 1. The number of nitrogen functional groups attached to an aromatic ring is 1. The summed E-state index contributed by atoms with van der Waals surface area (Å²) >= 11 is 1.44. The summed E-state index contributed by atoms with van der Waals surface area (Å²) in [6, 6.07) is 7.99. The number of hydrogen-bond acceptors (Lipinski definition) is 3. The number of carbonyl (C=O) groups excluding carboxylic acids is 1. The molecule has 1 amide bonds. The molecule has 4 heteroatoms. The maximum atomic E-state index is 11.4. The Kier molecular flexibility index (Phi) is 3.03. The monoisotopic (exact) mass is 232 g/mol. The first-order valence-corrected chi connectivity index (χ1v) is 5.70. The van der Waals surface area contributed by atoms with Crippen molar-refractivity contribution in [2.45, 2.75) is 6.42 Å². The fraction of sp³-hybridized carbons (Fsp3) is 0.0833. The number of nitrogens with one attached hydrogen (secondary N) is 1. The fourth-order valence-electron chi connectivity index (χ4n) is 1.57. The van der Waals surface area contributed by atoms with Gasteiger partial charge in [0.15, 0.2) is 0 Å². The van der Waals surface area contributed by atoms with E-state index in [-0.39, 0.29) is 5.91 Å². The van der Waals surface area contributed by atoms with Crippen LogP contribution in [-0.4, -0.2) is 5.91 Å². The highest BCUT2D eigenvalue weighted by Gasteiger charge is 2.08. The minimum absolute atomic E-state index is 0.244. The van der Waals surface area contributed by atoms with E-state index in [0.29, 0.717) is 4.88 Å². The van der Waals surface area contributed by atoms with E-state index in [9.17, 15) is 4.79 Å². The van der Waals surface area contributed by atoms with Crippen LogP contribution in [0.1, 0.15) is 15.2 Å². The number of hydrogen-bond donors (Lipinski definition) is 2. The van der Waals surface area contributed by atoms with Gasteiger partial charge in [-0.25, -0.2) is 5.84 Å². The Hall–Kier alpha value is -1.65. The van der Waals surface area contributed by atoms with Gasteiger partial charge in [-0.2, -0.15) is 0 Å². The first-order valence-electron chi connectivity index (χ1n) is 4.89. The molecule has 0 saturated heterocycles. The van der Waals surface area contributed by atoms with Crippen molar-refractivity contribution in [2.24, 2.45) is 5.84 Å². The van der Waals surface area contributed by atoms with Crippen molar-refractivity contribution in [3.63, 3.8) is 0 Å². The van der Waals surface area contributed by atoms with Gasteiger partial charge in [-0.3, -0.25) is 10.2 Å². The highest BCUT2D eigenvalue weighted by Crippen LogP contribution is 2.26. The third-order valence-electron chi connectivity index (χ3n) is 2.32. The highest BCUT2D eigenvalue weighted by molar-refractivity contribution is 7.20. The maximum Gasteiger partial charge on any atom is 0.275 e. The number of hydrazine groups is 1. The summed E-state index contributed by atoms with van der Waals surface area (Å²) in [6.45, 7) is 3.70. The van der Waals surface area contributed by atoms with Crippen molar-refractivity contribution < 1.29 is 4.79 Å². The van der Waals surface area contributed by atoms with Gasteiger partial charge in [0, 0.05) is 4.70 Å². The zero-order valence-corrected chi connectivity index (χ0v) is 9.51. The standard InChI is InChI=1S/C12H12N2OS/c1-2-3-8-4-5-10-9(6-8)7-11(16-10)12(15)14-13/h2,4-7H,1,3,13H2,(H,14,15). The number of thiophene rings is 1. The molecule has 0 aliphatic heterocycles. The van der Waals surface area contributed by atoms with E-state index in [4.69, 9.17) is 5.84 Å². The van der Waals surface area contributed by atoms with Gasteiger partial charge in [0.1, 0.15) is 0 Å². The molecule has 1 heterocycles. The lowest BCUT2D eigenvalue weighted by Gasteiger charge is -1.95. The summed E-state index contributed by atoms with van der Waals surface area (Å²) in [6.07, 6.45) is 2.70.